The van der Waals surface area contributed by atoms with E-state index in [0.717, 1.165) is 12.8 Å². The van der Waals surface area contributed by atoms with Crippen molar-refractivity contribution in [3.63, 3.8) is 0 Å². The van der Waals surface area contributed by atoms with Crippen LogP contribution in [0.15, 0.2) is 0 Å². The van der Waals surface area contributed by atoms with Gasteiger partial charge in [0.2, 0.25) is 5.91 Å². The number of hydrogen-bond acceptors (Lipinski definition) is 4. The number of aliphatic carboxylic acids is 1. The molecule has 0 aromatic carbocycles. The summed E-state index contributed by atoms with van der Waals surface area (Å²) in [5.74, 6) is -0.870. The van der Waals surface area contributed by atoms with Crippen LogP contribution in [0.25, 0.3) is 0 Å². The van der Waals surface area contributed by atoms with Crippen LogP contribution in [0.2, 0.25) is 0 Å². The SMILES string of the molecule is CN(C(=O)CN1CCOC(C(=O)O)C1)C1CCCCC1. The Morgan fingerprint density at radius 2 is 2.00 bits per heavy atom. The number of hydrogen-bond donors (Lipinski definition) is 1. The van der Waals surface area contributed by atoms with Crippen LogP contribution in [0.1, 0.15) is 32.1 Å². The van der Waals surface area contributed by atoms with E-state index in [2.05, 4.69) is 0 Å². The van der Waals surface area contributed by atoms with Gasteiger partial charge in [0.15, 0.2) is 6.10 Å². The van der Waals surface area contributed by atoms with Crippen LogP contribution in [0.4, 0.5) is 0 Å². The van der Waals surface area contributed by atoms with Gasteiger partial charge in [-0.05, 0) is 12.8 Å². The summed E-state index contributed by atoms with van der Waals surface area (Å²) in [5.41, 5.74) is 0. The van der Waals surface area contributed by atoms with E-state index in [4.69, 9.17) is 9.84 Å². The van der Waals surface area contributed by atoms with Crippen molar-refractivity contribution >= 4 is 11.9 Å². The Morgan fingerprint density at radius 1 is 1.30 bits per heavy atom. The summed E-state index contributed by atoms with van der Waals surface area (Å²) in [7, 11) is 1.87. The smallest absolute Gasteiger partial charge is 0.334 e. The molecule has 0 aromatic heterocycles. The fourth-order valence-corrected chi connectivity index (χ4v) is 2.97. The average Bonchev–Trinajstić information content (AvgIpc) is 2.47. The quantitative estimate of drug-likeness (QED) is 0.817. The molecule has 1 aliphatic heterocycles. The molecule has 2 aliphatic rings. The topological polar surface area (TPSA) is 70.1 Å². The van der Waals surface area contributed by atoms with E-state index in [-0.39, 0.29) is 5.91 Å². The van der Waals surface area contributed by atoms with E-state index in [9.17, 15) is 9.59 Å². The van der Waals surface area contributed by atoms with Crippen LogP contribution in [-0.2, 0) is 14.3 Å². The number of carboxylic acid groups (broad SMARTS) is 1. The number of morpholine rings is 1. The molecule has 1 saturated heterocycles. The second-order valence-corrected chi connectivity index (χ2v) is 5.73. The number of nitrogens with zero attached hydrogens (tertiary/aromatic N) is 2. The van der Waals surface area contributed by atoms with Gasteiger partial charge >= 0.3 is 5.97 Å². The van der Waals surface area contributed by atoms with Gasteiger partial charge in [-0.2, -0.15) is 0 Å². The fraction of sp³-hybridized carbons (Fsp3) is 0.857. The van der Waals surface area contributed by atoms with E-state index in [0.29, 0.717) is 32.3 Å². The highest BCUT2D eigenvalue weighted by Crippen LogP contribution is 2.21. The number of carboxylic acids is 1. The van der Waals surface area contributed by atoms with E-state index in [1.807, 2.05) is 16.8 Å². The summed E-state index contributed by atoms with van der Waals surface area (Å²) < 4.78 is 5.16. The van der Waals surface area contributed by atoms with Crippen molar-refractivity contribution in [3.8, 4) is 0 Å². The predicted octanol–water partition coefficient (Wildman–Crippen LogP) is 0.563. The van der Waals surface area contributed by atoms with E-state index >= 15 is 0 Å². The number of carbonyl (C=O) groups is 2. The maximum Gasteiger partial charge on any atom is 0.334 e. The Hall–Kier alpha value is -1.14. The van der Waals surface area contributed by atoms with Gasteiger partial charge in [-0.15, -0.1) is 0 Å². The number of carbonyl (C=O) groups excluding carboxylic acids is 1. The zero-order valence-corrected chi connectivity index (χ0v) is 12.1. The largest absolute Gasteiger partial charge is 0.479 e. The maximum absolute atomic E-state index is 12.3. The van der Waals surface area contributed by atoms with Gasteiger partial charge < -0.3 is 14.7 Å². The number of amides is 1. The lowest BCUT2D eigenvalue weighted by Crippen LogP contribution is -2.51. The Balaban J connectivity index is 1.82. The second kappa shape index (κ2) is 7.04. The molecule has 1 unspecified atom stereocenters. The summed E-state index contributed by atoms with van der Waals surface area (Å²) in [6.45, 7) is 1.57. The molecule has 0 radical (unpaired) electrons. The third-order valence-corrected chi connectivity index (χ3v) is 4.30. The van der Waals surface area contributed by atoms with Gasteiger partial charge in [0.1, 0.15) is 0 Å². The first kappa shape index (κ1) is 15.3. The molecule has 1 saturated carbocycles. The van der Waals surface area contributed by atoms with Crippen LogP contribution in [0.5, 0.6) is 0 Å². The summed E-state index contributed by atoms with van der Waals surface area (Å²) in [4.78, 5) is 26.9. The molecule has 1 N–H and O–H groups in total. The van der Waals surface area contributed by atoms with Crippen LogP contribution in [0.3, 0.4) is 0 Å². The zero-order valence-electron chi connectivity index (χ0n) is 12.1. The number of likely N-dealkylation sites (N-methyl/N-ethyl adjacent to an activating group) is 1. The maximum atomic E-state index is 12.3. The van der Waals surface area contributed by atoms with Crippen molar-refractivity contribution < 1.29 is 19.4 Å². The first-order valence-electron chi connectivity index (χ1n) is 7.40. The van der Waals surface area contributed by atoms with E-state index in [1.54, 1.807) is 0 Å². The minimum atomic E-state index is -0.956. The third kappa shape index (κ3) is 3.93. The van der Waals surface area contributed by atoms with Crippen molar-refractivity contribution in [1.29, 1.82) is 0 Å². The van der Waals surface area contributed by atoms with Gasteiger partial charge in [0, 0.05) is 26.2 Å². The summed E-state index contributed by atoms with van der Waals surface area (Å²) in [6, 6.07) is 0.354. The molecule has 2 fully saturated rings. The Morgan fingerprint density at radius 3 is 2.65 bits per heavy atom. The van der Waals surface area contributed by atoms with Crippen LogP contribution < -0.4 is 0 Å². The number of rotatable bonds is 4. The fourth-order valence-electron chi connectivity index (χ4n) is 2.97. The van der Waals surface area contributed by atoms with Crippen LogP contribution in [-0.4, -0.2) is 72.2 Å². The predicted molar refractivity (Wildman–Crippen MR) is 73.5 cm³/mol. The van der Waals surface area contributed by atoms with Crippen molar-refractivity contribution in [2.75, 3.05) is 33.3 Å². The normalized spacial score (nSPS) is 25.4. The minimum absolute atomic E-state index is 0.0861. The molecule has 0 aromatic rings. The van der Waals surface area contributed by atoms with E-state index < -0.39 is 12.1 Å². The molecule has 0 spiro atoms. The monoisotopic (exact) mass is 284 g/mol. The molecule has 20 heavy (non-hydrogen) atoms. The molecule has 1 aliphatic carbocycles. The number of ether oxygens (including phenoxy) is 1. The van der Waals surface area contributed by atoms with Crippen LogP contribution in [0, 0.1) is 0 Å². The van der Waals surface area contributed by atoms with Gasteiger partial charge in [0.05, 0.1) is 13.2 Å². The van der Waals surface area contributed by atoms with Crippen molar-refractivity contribution in [2.45, 2.75) is 44.2 Å². The molecule has 1 heterocycles. The molecular formula is C14H24N2O4. The summed E-state index contributed by atoms with van der Waals surface area (Å²) in [5, 5.41) is 8.96. The first-order valence-corrected chi connectivity index (χ1v) is 7.40. The molecule has 114 valence electrons. The summed E-state index contributed by atoms with van der Waals surface area (Å²) in [6.07, 6.45) is 5.02. The lowest BCUT2D eigenvalue weighted by atomic mass is 9.94. The third-order valence-electron chi connectivity index (χ3n) is 4.30. The Kier molecular flexibility index (Phi) is 5.37. The molecule has 1 amide bonds. The van der Waals surface area contributed by atoms with Gasteiger partial charge in [0.25, 0.3) is 0 Å². The zero-order chi connectivity index (χ0) is 14.5. The Labute approximate surface area is 119 Å². The highest BCUT2D eigenvalue weighted by Gasteiger charge is 2.29. The molecule has 6 nitrogen and oxygen atoms in total. The minimum Gasteiger partial charge on any atom is -0.479 e. The molecule has 6 heteroatoms. The highest BCUT2D eigenvalue weighted by molar-refractivity contribution is 5.78. The average molecular weight is 284 g/mol. The lowest BCUT2D eigenvalue weighted by Gasteiger charge is -2.35. The second-order valence-electron chi connectivity index (χ2n) is 5.73. The molecule has 2 rings (SSSR count). The van der Waals surface area contributed by atoms with Crippen LogP contribution >= 0.6 is 0 Å². The van der Waals surface area contributed by atoms with Gasteiger partial charge in [-0.25, -0.2) is 4.79 Å². The van der Waals surface area contributed by atoms with Gasteiger partial charge in [-0.1, -0.05) is 19.3 Å². The molecule has 0 bridgehead atoms. The van der Waals surface area contributed by atoms with Gasteiger partial charge in [-0.3, -0.25) is 9.69 Å². The highest BCUT2D eigenvalue weighted by atomic mass is 16.5. The molecule has 1 atom stereocenters. The Bertz CT molecular complexity index is 355. The standard InChI is InChI=1S/C14H24N2O4/c1-15(11-5-3-2-4-6-11)13(17)10-16-7-8-20-12(9-16)14(18)19/h11-12H,2-10H2,1H3,(H,18,19). The van der Waals surface area contributed by atoms with E-state index in [1.165, 1.54) is 19.3 Å². The summed E-state index contributed by atoms with van der Waals surface area (Å²) >= 11 is 0. The first-order chi connectivity index (χ1) is 9.58. The molecular weight excluding hydrogens is 260 g/mol. The van der Waals surface area contributed by atoms with Crippen molar-refractivity contribution in [2.24, 2.45) is 0 Å². The lowest BCUT2D eigenvalue weighted by molar-refractivity contribution is -0.157. The van der Waals surface area contributed by atoms with Crippen molar-refractivity contribution in [1.82, 2.24) is 9.80 Å². The van der Waals surface area contributed by atoms with Crippen molar-refractivity contribution in [3.05, 3.63) is 0 Å².